The quantitative estimate of drug-likeness (QED) is 0.766. The van der Waals surface area contributed by atoms with Crippen molar-refractivity contribution in [2.24, 2.45) is 5.92 Å². The number of alkyl halides is 4. The molecule has 0 bridgehead atoms. The first-order valence-corrected chi connectivity index (χ1v) is 7.50. The summed E-state index contributed by atoms with van der Waals surface area (Å²) >= 11 is 5.60. The zero-order valence-electron chi connectivity index (χ0n) is 11.9. The van der Waals surface area contributed by atoms with E-state index in [2.05, 4.69) is 0 Å². The highest BCUT2D eigenvalue weighted by atomic mass is 35.5. The van der Waals surface area contributed by atoms with E-state index in [4.69, 9.17) is 16.3 Å². The predicted molar refractivity (Wildman–Crippen MR) is 77.8 cm³/mol. The molecule has 0 aromatic heterocycles. The molecule has 1 aromatic carbocycles. The molecule has 0 spiro atoms. The lowest BCUT2D eigenvalue weighted by Crippen LogP contribution is -2.31. The maximum Gasteiger partial charge on any atom is 0.416 e. The fourth-order valence-electron chi connectivity index (χ4n) is 2.63. The number of anilines is 1. The fraction of sp³-hybridized carbons (Fsp3) is 0.600. The summed E-state index contributed by atoms with van der Waals surface area (Å²) in [5, 5.41) is 0. The van der Waals surface area contributed by atoms with E-state index in [1.54, 1.807) is 6.07 Å². The van der Waals surface area contributed by atoms with Crippen LogP contribution in [0.15, 0.2) is 18.2 Å². The average Bonchev–Trinajstić information content (AvgIpc) is 2.46. The molecule has 1 atom stereocenters. The lowest BCUT2D eigenvalue weighted by Gasteiger charge is -2.29. The van der Waals surface area contributed by atoms with Crippen LogP contribution in [0.3, 0.4) is 0 Å². The Kier molecular flexibility index (Phi) is 5.38. The zero-order valence-corrected chi connectivity index (χ0v) is 12.7. The second kappa shape index (κ2) is 6.88. The van der Waals surface area contributed by atoms with Crippen LogP contribution in [0.1, 0.15) is 24.0 Å². The van der Waals surface area contributed by atoms with Crippen molar-refractivity contribution >= 4 is 17.3 Å². The Hall–Kier alpha value is -0.940. The second-order valence-corrected chi connectivity index (χ2v) is 5.70. The predicted octanol–water partition coefficient (Wildman–Crippen LogP) is 4.31. The minimum atomic E-state index is -4.38. The van der Waals surface area contributed by atoms with Crippen molar-refractivity contribution in [1.29, 1.82) is 0 Å². The van der Waals surface area contributed by atoms with Crippen LogP contribution in [0, 0.1) is 5.92 Å². The normalized spacial score (nSPS) is 19.6. The maximum absolute atomic E-state index is 13.0. The van der Waals surface area contributed by atoms with E-state index < -0.39 is 11.7 Å². The summed E-state index contributed by atoms with van der Waals surface area (Å²) < 4.78 is 44.5. The molecule has 1 fully saturated rings. The fourth-order valence-corrected chi connectivity index (χ4v) is 2.86. The summed E-state index contributed by atoms with van der Waals surface area (Å²) in [6, 6.07) is 4.33. The van der Waals surface area contributed by atoms with Gasteiger partial charge < -0.3 is 9.64 Å². The Bertz CT molecular complexity index is 472. The summed E-state index contributed by atoms with van der Waals surface area (Å²) in [4.78, 5) is 1.85. The van der Waals surface area contributed by atoms with Crippen molar-refractivity contribution in [1.82, 2.24) is 0 Å². The molecule has 0 saturated carbocycles. The van der Waals surface area contributed by atoms with Crippen molar-refractivity contribution in [2.45, 2.75) is 24.9 Å². The summed E-state index contributed by atoms with van der Waals surface area (Å²) in [5.74, 6) is 0.223. The third-order valence-corrected chi connectivity index (χ3v) is 4.06. The third-order valence-electron chi connectivity index (χ3n) is 3.77. The molecule has 1 unspecified atom stereocenters. The third kappa shape index (κ3) is 4.27. The van der Waals surface area contributed by atoms with Gasteiger partial charge >= 0.3 is 6.18 Å². The number of halogens is 4. The van der Waals surface area contributed by atoms with Gasteiger partial charge in [0, 0.05) is 31.8 Å². The van der Waals surface area contributed by atoms with E-state index in [9.17, 15) is 13.2 Å². The Labute approximate surface area is 127 Å². The second-order valence-electron chi connectivity index (χ2n) is 5.44. The molecule has 118 valence electrons. The highest BCUT2D eigenvalue weighted by Gasteiger charge is 2.33. The van der Waals surface area contributed by atoms with Gasteiger partial charge in [-0.05, 0) is 36.5 Å². The van der Waals surface area contributed by atoms with E-state index in [0.29, 0.717) is 24.8 Å². The molecular formula is C15H19ClF3NO. The molecule has 1 saturated heterocycles. The minimum Gasteiger partial charge on any atom is -0.381 e. The molecular weight excluding hydrogens is 303 g/mol. The van der Waals surface area contributed by atoms with E-state index in [0.717, 1.165) is 19.4 Å². The Morgan fingerprint density at radius 3 is 2.71 bits per heavy atom. The summed E-state index contributed by atoms with van der Waals surface area (Å²) in [7, 11) is 1.81. The number of hydrogen-bond acceptors (Lipinski definition) is 2. The van der Waals surface area contributed by atoms with Gasteiger partial charge in [0.15, 0.2) is 0 Å². The van der Waals surface area contributed by atoms with Gasteiger partial charge in [-0.25, -0.2) is 0 Å². The molecule has 0 radical (unpaired) electrons. The first-order valence-electron chi connectivity index (χ1n) is 6.96. The van der Waals surface area contributed by atoms with Gasteiger partial charge in [-0.1, -0.05) is 6.07 Å². The Balaban J connectivity index is 2.15. The highest BCUT2D eigenvalue weighted by molar-refractivity contribution is 6.17. The molecule has 2 rings (SSSR count). The topological polar surface area (TPSA) is 12.5 Å². The van der Waals surface area contributed by atoms with Gasteiger partial charge in [0.05, 0.1) is 12.2 Å². The summed E-state index contributed by atoms with van der Waals surface area (Å²) in [6.07, 6.45) is -2.32. The van der Waals surface area contributed by atoms with Gasteiger partial charge in [-0.3, -0.25) is 0 Å². The van der Waals surface area contributed by atoms with Crippen molar-refractivity contribution in [3.8, 4) is 0 Å². The lowest BCUT2D eigenvalue weighted by molar-refractivity contribution is -0.138. The van der Waals surface area contributed by atoms with Crippen LogP contribution in [-0.2, 0) is 16.8 Å². The SMILES string of the molecule is CN(CC1CCCOC1)c1ccc(CCl)c(C(F)(F)F)c1. The average molecular weight is 322 g/mol. The zero-order chi connectivity index (χ0) is 15.5. The number of hydrogen-bond donors (Lipinski definition) is 0. The van der Waals surface area contributed by atoms with E-state index >= 15 is 0 Å². The first-order chi connectivity index (χ1) is 9.91. The van der Waals surface area contributed by atoms with Crippen molar-refractivity contribution in [3.63, 3.8) is 0 Å². The van der Waals surface area contributed by atoms with Crippen molar-refractivity contribution in [2.75, 3.05) is 31.7 Å². The van der Waals surface area contributed by atoms with Crippen LogP contribution >= 0.6 is 11.6 Å². The monoisotopic (exact) mass is 321 g/mol. The molecule has 1 aliphatic heterocycles. The van der Waals surface area contributed by atoms with Crippen molar-refractivity contribution < 1.29 is 17.9 Å². The number of ether oxygens (including phenoxy) is 1. The largest absolute Gasteiger partial charge is 0.416 e. The molecule has 1 aliphatic rings. The Morgan fingerprint density at radius 1 is 1.38 bits per heavy atom. The lowest BCUT2D eigenvalue weighted by atomic mass is 10.0. The summed E-state index contributed by atoms with van der Waals surface area (Å²) in [5.41, 5.74) is 0.0193. The minimum absolute atomic E-state index is 0.113. The maximum atomic E-state index is 13.0. The van der Waals surface area contributed by atoms with Gasteiger partial charge in [-0.15, -0.1) is 11.6 Å². The first kappa shape index (κ1) is 16.4. The smallest absolute Gasteiger partial charge is 0.381 e. The van der Waals surface area contributed by atoms with Gasteiger partial charge in [0.2, 0.25) is 0 Å². The van der Waals surface area contributed by atoms with E-state index in [1.165, 1.54) is 12.1 Å². The molecule has 2 nitrogen and oxygen atoms in total. The van der Waals surface area contributed by atoms with Gasteiger partial charge in [-0.2, -0.15) is 13.2 Å². The highest BCUT2D eigenvalue weighted by Crippen LogP contribution is 2.35. The van der Waals surface area contributed by atoms with Crippen LogP contribution in [-0.4, -0.2) is 26.8 Å². The molecule has 1 heterocycles. The van der Waals surface area contributed by atoms with Gasteiger partial charge in [0.1, 0.15) is 0 Å². The molecule has 21 heavy (non-hydrogen) atoms. The van der Waals surface area contributed by atoms with E-state index in [1.807, 2.05) is 11.9 Å². The summed E-state index contributed by atoms with van der Waals surface area (Å²) in [6.45, 7) is 2.15. The van der Waals surface area contributed by atoms with Gasteiger partial charge in [0.25, 0.3) is 0 Å². The Morgan fingerprint density at radius 2 is 2.14 bits per heavy atom. The van der Waals surface area contributed by atoms with Crippen LogP contribution < -0.4 is 4.90 Å². The number of rotatable bonds is 4. The van der Waals surface area contributed by atoms with E-state index in [-0.39, 0.29) is 11.4 Å². The molecule has 1 aromatic rings. The van der Waals surface area contributed by atoms with Crippen LogP contribution in [0.2, 0.25) is 0 Å². The van der Waals surface area contributed by atoms with Crippen molar-refractivity contribution in [3.05, 3.63) is 29.3 Å². The van der Waals surface area contributed by atoms with Crippen LogP contribution in [0.4, 0.5) is 18.9 Å². The molecule has 6 heteroatoms. The standard InChI is InChI=1S/C15H19ClF3NO/c1-20(9-11-3-2-6-21-10-11)13-5-4-12(8-16)14(7-13)15(17,18)19/h4-5,7,11H,2-3,6,8-10H2,1H3. The number of benzene rings is 1. The van der Waals surface area contributed by atoms with Crippen LogP contribution in [0.25, 0.3) is 0 Å². The molecule has 0 aliphatic carbocycles. The molecule has 0 N–H and O–H groups in total. The molecule has 0 amide bonds. The number of nitrogens with zero attached hydrogens (tertiary/aromatic N) is 1. The van der Waals surface area contributed by atoms with Crippen LogP contribution in [0.5, 0.6) is 0 Å².